The molecule has 0 bridgehead atoms. The number of nitrogens with zero attached hydrogens (tertiary/aromatic N) is 1. The van der Waals surface area contributed by atoms with Crippen molar-refractivity contribution in [3.63, 3.8) is 0 Å². The van der Waals surface area contributed by atoms with Gasteiger partial charge in [-0.05, 0) is 17.5 Å². The van der Waals surface area contributed by atoms with Crippen LogP contribution in [0.5, 0.6) is 0 Å². The summed E-state index contributed by atoms with van der Waals surface area (Å²) in [6.45, 7) is 0.626. The van der Waals surface area contributed by atoms with Crippen LogP contribution in [-0.2, 0) is 10.8 Å². The number of imidazole rings is 1. The highest BCUT2D eigenvalue weighted by Crippen LogP contribution is 2.08. The number of carbonyl (C=O) groups excluding carboxylic acids is 1. The number of hydrogen-bond donors (Lipinski definition) is 2. The molecule has 5 heteroatoms. The lowest BCUT2D eigenvalue weighted by atomic mass is 10.1. The summed E-state index contributed by atoms with van der Waals surface area (Å²) >= 11 is 2.34. The van der Waals surface area contributed by atoms with Crippen LogP contribution in [0, 0.1) is 0 Å². The van der Waals surface area contributed by atoms with Crippen LogP contribution in [0.4, 0.5) is 0 Å². The van der Waals surface area contributed by atoms with Crippen molar-refractivity contribution in [1.29, 1.82) is 0 Å². The van der Waals surface area contributed by atoms with E-state index in [1.165, 1.54) is 23.7 Å². The molecule has 4 nitrogen and oxygen atoms in total. The standard InChI is InChI=1S/C13H14IN3O/c14-7-11-3-1-10(2-4-11)5-6-16-13(18)12-8-15-9-17-12/h1-4,8-9H,5-7H2,(H,15,17)(H,16,18). The van der Waals surface area contributed by atoms with Crippen LogP contribution in [0.3, 0.4) is 0 Å². The minimum Gasteiger partial charge on any atom is -0.350 e. The molecule has 2 N–H and O–H groups in total. The first-order valence-corrected chi connectivity index (χ1v) is 7.22. The summed E-state index contributed by atoms with van der Waals surface area (Å²) in [5, 5.41) is 2.85. The fourth-order valence-electron chi connectivity index (χ4n) is 1.59. The summed E-state index contributed by atoms with van der Waals surface area (Å²) < 4.78 is 1.02. The van der Waals surface area contributed by atoms with E-state index in [0.29, 0.717) is 12.2 Å². The Hall–Kier alpha value is -1.37. The molecule has 0 radical (unpaired) electrons. The third-order valence-electron chi connectivity index (χ3n) is 2.62. The molecule has 1 aromatic heterocycles. The minimum absolute atomic E-state index is 0.114. The van der Waals surface area contributed by atoms with Gasteiger partial charge in [-0.25, -0.2) is 4.98 Å². The minimum atomic E-state index is -0.114. The van der Waals surface area contributed by atoms with Gasteiger partial charge in [-0.15, -0.1) is 0 Å². The summed E-state index contributed by atoms with van der Waals surface area (Å²) in [6, 6.07) is 8.46. The second-order valence-corrected chi connectivity index (χ2v) is 4.68. The van der Waals surface area contributed by atoms with Gasteiger partial charge in [0.05, 0.1) is 12.5 Å². The highest BCUT2D eigenvalue weighted by atomic mass is 127. The second kappa shape index (κ2) is 6.53. The third-order valence-corrected chi connectivity index (χ3v) is 3.50. The van der Waals surface area contributed by atoms with Crippen molar-refractivity contribution in [1.82, 2.24) is 15.3 Å². The van der Waals surface area contributed by atoms with Crippen molar-refractivity contribution in [2.45, 2.75) is 10.8 Å². The highest BCUT2D eigenvalue weighted by Gasteiger charge is 2.05. The van der Waals surface area contributed by atoms with Gasteiger partial charge >= 0.3 is 0 Å². The molecule has 94 valence electrons. The summed E-state index contributed by atoms with van der Waals surface area (Å²) in [6.07, 6.45) is 3.85. The number of rotatable bonds is 5. The normalized spacial score (nSPS) is 10.3. The van der Waals surface area contributed by atoms with Crippen LogP contribution in [0.15, 0.2) is 36.8 Å². The lowest BCUT2D eigenvalue weighted by Crippen LogP contribution is -2.25. The van der Waals surface area contributed by atoms with Crippen molar-refractivity contribution in [2.24, 2.45) is 0 Å². The van der Waals surface area contributed by atoms with Gasteiger partial charge in [-0.2, -0.15) is 0 Å². The molecule has 1 heterocycles. The van der Waals surface area contributed by atoms with E-state index >= 15 is 0 Å². The molecule has 0 saturated carbocycles. The molecule has 0 unspecified atom stereocenters. The maximum atomic E-state index is 11.6. The molecule has 2 rings (SSSR count). The van der Waals surface area contributed by atoms with Crippen molar-refractivity contribution >= 4 is 28.5 Å². The number of halogens is 1. The Morgan fingerprint density at radius 1 is 1.28 bits per heavy atom. The number of aromatic amines is 1. The van der Waals surface area contributed by atoms with Crippen LogP contribution in [-0.4, -0.2) is 22.4 Å². The van der Waals surface area contributed by atoms with E-state index in [0.717, 1.165) is 10.8 Å². The zero-order valence-electron chi connectivity index (χ0n) is 9.82. The van der Waals surface area contributed by atoms with E-state index < -0.39 is 0 Å². The van der Waals surface area contributed by atoms with E-state index in [1.54, 1.807) is 0 Å². The number of alkyl halides is 1. The van der Waals surface area contributed by atoms with E-state index in [-0.39, 0.29) is 5.91 Å². The monoisotopic (exact) mass is 355 g/mol. The van der Waals surface area contributed by atoms with E-state index in [1.807, 2.05) is 0 Å². The fourth-order valence-corrected chi connectivity index (χ4v) is 2.10. The lowest BCUT2D eigenvalue weighted by molar-refractivity contribution is 0.0949. The topological polar surface area (TPSA) is 57.8 Å². The first-order valence-electron chi connectivity index (χ1n) is 5.70. The number of nitrogens with one attached hydrogen (secondary N) is 2. The number of aromatic nitrogens is 2. The third kappa shape index (κ3) is 3.56. The summed E-state index contributed by atoms with van der Waals surface area (Å²) in [4.78, 5) is 18.2. The summed E-state index contributed by atoms with van der Waals surface area (Å²) in [5.41, 5.74) is 3.05. The first-order chi connectivity index (χ1) is 8.79. The largest absolute Gasteiger partial charge is 0.350 e. The van der Waals surface area contributed by atoms with Crippen LogP contribution in [0.25, 0.3) is 0 Å². The van der Waals surface area contributed by atoms with Crippen LogP contribution < -0.4 is 5.32 Å². The van der Waals surface area contributed by atoms with E-state index in [4.69, 9.17) is 0 Å². The number of benzene rings is 1. The van der Waals surface area contributed by atoms with Gasteiger partial charge in [0.15, 0.2) is 0 Å². The van der Waals surface area contributed by atoms with Crippen molar-refractivity contribution < 1.29 is 4.79 Å². The lowest BCUT2D eigenvalue weighted by Gasteiger charge is -2.04. The average molecular weight is 355 g/mol. The van der Waals surface area contributed by atoms with Gasteiger partial charge in [0.2, 0.25) is 0 Å². The Bertz CT molecular complexity index is 493. The maximum absolute atomic E-state index is 11.6. The Morgan fingerprint density at radius 3 is 2.61 bits per heavy atom. The van der Waals surface area contributed by atoms with Gasteiger partial charge in [0, 0.05) is 11.0 Å². The molecule has 0 fully saturated rings. The van der Waals surface area contributed by atoms with Crippen molar-refractivity contribution in [2.75, 3.05) is 6.54 Å². The SMILES string of the molecule is O=C(NCCc1ccc(CI)cc1)c1cnc[nH]1. The van der Waals surface area contributed by atoms with Gasteiger partial charge in [-0.3, -0.25) is 4.79 Å². The molecular formula is C13H14IN3O. The molecule has 1 aromatic carbocycles. The predicted octanol–water partition coefficient (Wildman–Crippen LogP) is 2.32. The average Bonchev–Trinajstić information content (AvgIpc) is 2.93. The fraction of sp³-hybridized carbons (Fsp3) is 0.231. The van der Waals surface area contributed by atoms with Gasteiger partial charge in [0.1, 0.15) is 5.69 Å². The number of amides is 1. The Balaban J connectivity index is 1.79. The second-order valence-electron chi connectivity index (χ2n) is 3.92. The van der Waals surface area contributed by atoms with Crippen LogP contribution in [0.1, 0.15) is 21.6 Å². The van der Waals surface area contributed by atoms with Crippen LogP contribution in [0.2, 0.25) is 0 Å². The Morgan fingerprint density at radius 2 is 2.00 bits per heavy atom. The molecule has 0 aliphatic carbocycles. The summed E-state index contributed by atoms with van der Waals surface area (Å²) in [7, 11) is 0. The predicted molar refractivity (Wildman–Crippen MR) is 78.8 cm³/mol. The van der Waals surface area contributed by atoms with Crippen molar-refractivity contribution in [3.8, 4) is 0 Å². The molecule has 2 aromatic rings. The number of H-pyrrole nitrogens is 1. The van der Waals surface area contributed by atoms with Crippen LogP contribution >= 0.6 is 22.6 Å². The first kappa shape index (κ1) is 13.1. The molecule has 0 spiro atoms. The quantitative estimate of drug-likeness (QED) is 0.639. The Kier molecular flexibility index (Phi) is 4.74. The van der Waals surface area contributed by atoms with E-state index in [2.05, 4.69) is 62.1 Å². The van der Waals surface area contributed by atoms with Gasteiger partial charge in [-0.1, -0.05) is 46.9 Å². The zero-order valence-corrected chi connectivity index (χ0v) is 12.0. The molecule has 1 amide bonds. The number of carbonyl (C=O) groups is 1. The van der Waals surface area contributed by atoms with Gasteiger partial charge < -0.3 is 10.3 Å². The summed E-state index contributed by atoms with van der Waals surface area (Å²) in [5.74, 6) is -0.114. The molecule has 0 atom stereocenters. The zero-order chi connectivity index (χ0) is 12.8. The Labute approximate surface area is 119 Å². The number of hydrogen-bond acceptors (Lipinski definition) is 2. The molecular weight excluding hydrogens is 341 g/mol. The molecule has 18 heavy (non-hydrogen) atoms. The maximum Gasteiger partial charge on any atom is 0.269 e. The van der Waals surface area contributed by atoms with Gasteiger partial charge in [0.25, 0.3) is 5.91 Å². The smallest absolute Gasteiger partial charge is 0.269 e. The molecule has 0 aliphatic rings. The van der Waals surface area contributed by atoms with Crippen molar-refractivity contribution in [3.05, 3.63) is 53.6 Å². The molecule has 0 aliphatic heterocycles. The highest BCUT2D eigenvalue weighted by molar-refractivity contribution is 14.1. The molecule has 0 saturated heterocycles. The van der Waals surface area contributed by atoms with E-state index in [9.17, 15) is 4.79 Å².